The Kier molecular flexibility index (Phi) is 5.17. The van der Waals surface area contributed by atoms with Crippen LogP contribution in [-0.2, 0) is 0 Å². The van der Waals surface area contributed by atoms with Gasteiger partial charge < -0.3 is 9.84 Å². The van der Waals surface area contributed by atoms with Crippen LogP contribution >= 0.6 is 0 Å². The smallest absolute Gasteiger partial charge is 0.275 e. The van der Waals surface area contributed by atoms with E-state index in [2.05, 4.69) is 10.5 Å². The average molecular weight is 348 g/mol. The van der Waals surface area contributed by atoms with E-state index in [1.165, 1.54) is 0 Å². The van der Waals surface area contributed by atoms with Crippen LogP contribution in [0.5, 0.6) is 11.5 Å². The summed E-state index contributed by atoms with van der Waals surface area (Å²) in [7, 11) is 0. The molecular formula is C21H20N2O3. The Bertz CT molecular complexity index is 963. The third-order valence-corrected chi connectivity index (χ3v) is 4.02. The highest BCUT2D eigenvalue weighted by molar-refractivity contribution is 6.03. The molecule has 132 valence electrons. The van der Waals surface area contributed by atoms with Crippen molar-refractivity contribution in [2.75, 3.05) is 6.61 Å². The standard InChI is InChI=1S/C21H20N2O3/c1-3-26-18-10-8-15(9-11-18)14(2)22-23-21(25)19-12-16-6-4-5-7-17(16)13-20(19)24/h4-13,24H,3H2,1-2H3,(H,23,25). The van der Waals surface area contributed by atoms with Crippen LogP contribution in [0, 0.1) is 0 Å². The highest BCUT2D eigenvalue weighted by Crippen LogP contribution is 2.24. The van der Waals surface area contributed by atoms with E-state index >= 15 is 0 Å². The van der Waals surface area contributed by atoms with Crippen molar-refractivity contribution in [3.63, 3.8) is 0 Å². The van der Waals surface area contributed by atoms with Gasteiger partial charge in [-0.1, -0.05) is 24.3 Å². The van der Waals surface area contributed by atoms with Crippen molar-refractivity contribution in [2.24, 2.45) is 5.10 Å². The lowest BCUT2D eigenvalue weighted by atomic mass is 10.1. The molecule has 3 aromatic carbocycles. The summed E-state index contributed by atoms with van der Waals surface area (Å²) in [6.45, 7) is 4.34. The highest BCUT2D eigenvalue weighted by atomic mass is 16.5. The molecule has 5 heteroatoms. The Morgan fingerprint density at radius 2 is 1.73 bits per heavy atom. The summed E-state index contributed by atoms with van der Waals surface area (Å²) in [6.07, 6.45) is 0. The molecule has 5 nitrogen and oxygen atoms in total. The lowest BCUT2D eigenvalue weighted by Crippen LogP contribution is -2.19. The summed E-state index contributed by atoms with van der Waals surface area (Å²) < 4.78 is 5.41. The molecule has 0 saturated heterocycles. The molecule has 1 amide bonds. The normalized spacial score (nSPS) is 11.4. The molecule has 0 spiro atoms. The summed E-state index contributed by atoms with van der Waals surface area (Å²) in [5.41, 5.74) is 4.21. The number of carbonyl (C=O) groups is 1. The molecule has 0 radical (unpaired) electrons. The number of phenols is 1. The van der Waals surface area contributed by atoms with E-state index in [4.69, 9.17) is 4.74 Å². The second-order valence-corrected chi connectivity index (χ2v) is 5.81. The minimum Gasteiger partial charge on any atom is -0.507 e. The van der Waals surface area contributed by atoms with E-state index in [1.54, 1.807) is 19.1 Å². The third-order valence-electron chi connectivity index (χ3n) is 4.02. The van der Waals surface area contributed by atoms with Gasteiger partial charge in [0.2, 0.25) is 0 Å². The van der Waals surface area contributed by atoms with Crippen LogP contribution < -0.4 is 10.2 Å². The van der Waals surface area contributed by atoms with Crippen molar-refractivity contribution in [2.45, 2.75) is 13.8 Å². The molecule has 3 aromatic rings. The number of nitrogens with zero attached hydrogens (tertiary/aromatic N) is 1. The monoisotopic (exact) mass is 348 g/mol. The second kappa shape index (κ2) is 7.70. The molecular weight excluding hydrogens is 328 g/mol. The number of aromatic hydroxyl groups is 1. The number of ether oxygens (including phenoxy) is 1. The van der Waals surface area contributed by atoms with Gasteiger partial charge in [-0.15, -0.1) is 0 Å². The van der Waals surface area contributed by atoms with E-state index in [-0.39, 0.29) is 11.3 Å². The molecule has 0 aliphatic heterocycles. The minimum atomic E-state index is -0.460. The van der Waals surface area contributed by atoms with Gasteiger partial charge in [0.25, 0.3) is 5.91 Å². The van der Waals surface area contributed by atoms with Crippen LogP contribution in [0.4, 0.5) is 0 Å². The van der Waals surface area contributed by atoms with E-state index in [0.717, 1.165) is 22.1 Å². The van der Waals surface area contributed by atoms with Crippen LogP contribution in [0.3, 0.4) is 0 Å². The molecule has 0 aliphatic carbocycles. The van der Waals surface area contributed by atoms with Gasteiger partial charge in [-0.3, -0.25) is 4.79 Å². The van der Waals surface area contributed by atoms with Crippen LogP contribution in [0.25, 0.3) is 10.8 Å². The van der Waals surface area contributed by atoms with E-state index in [0.29, 0.717) is 12.3 Å². The zero-order valence-electron chi connectivity index (χ0n) is 14.7. The van der Waals surface area contributed by atoms with E-state index in [9.17, 15) is 9.90 Å². The Morgan fingerprint density at radius 1 is 1.08 bits per heavy atom. The van der Waals surface area contributed by atoms with Gasteiger partial charge in [0.05, 0.1) is 17.9 Å². The quantitative estimate of drug-likeness (QED) is 0.539. The first kappa shape index (κ1) is 17.5. The maximum atomic E-state index is 12.4. The summed E-state index contributed by atoms with van der Waals surface area (Å²) in [4.78, 5) is 12.4. The first-order valence-electron chi connectivity index (χ1n) is 8.38. The molecule has 0 fully saturated rings. The number of hydrogen-bond donors (Lipinski definition) is 2. The molecule has 0 aliphatic rings. The molecule has 0 saturated carbocycles. The fraction of sp³-hybridized carbons (Fsp3) is 0.143. The van der Waals surface area contributed by atoms with Gasteiger partial charge in [-0.25, -0.2) is 5.43 Å². The maximum Gasteiger partial charge on any atom is 0.275 e. The average Bonchev–Trinajstić information content (AvgIpc) is 2.66. The first-order valence-corrected chi connectivity index (χ1v) is 8.38. The molecule has 2 N–H and O–H groups in total. The number of hydrazone groups is 1. The number of amides is 1. The van der Waals surface area contributed by atoms with Crippen molar-refractivity contribution in [3.8, 4) is 11.5 Å². The van der Waals surface area contributed by atoms with Gasteiger partial charge >= 0.3 is 0 Å². The first-order chi connectivity index (χ1) is 12.6. The van der Waals surface area contributed by atoms with Crippen molar-refractivity contribution in [1.82, 2.24) is 5.43 Å². The number of hydrogen-bond acceptors (Lipinski definition) is 4. The molecule has 0 atom stereocenters. The van der Waals surface area contributed by atoms with Crippen LogP contribution in [0.15, 0.2) is 65.8 Å². The van der Waals surface area contributed by atoms with E-state index in [1.807, 2.05) is 55.5 Å². The molecule has 0 heterocycles. The zero-order chi connectivity index (χ0) is 18.5. The number of fused-ring (bicyclic) bond motifs is 1. The lowest BCUT2D eigenvalue weighted by Gasteiger charge is -2.07. The van der Waals surface area contributed by atoms with Crippen molar-refractivity contribution < 1.29 is 14.6 Å². The Hall–Kier alpha value is -3.34. The largest absolute Gasteiger partial charge is 0.507 e. The summed E-state index contributed by atoms with van der Waals surface area (Å²) in [6, 6.07) is 18.2. The predicted molar refractivity (Wildman–Crippen MR) is 103 cm³/mol. The van der Waals surface area contributed by atoms with Crippen LogP contribution in [0.1, 0.15) is 29.8 Å². The highest BCUT2D eigenvalue weighted by Gasteiger charge is 2.12. The zero-order valence-corrected chi connectivity index (χ0v) is 14.7. The van der Waals surface area contributed by atoms with Crippen molar-refractivity contribution in [1.29, 1.82) is 0 Å². The molecule has 26 heavy (non-hydrogen) atoms. The molecule has 0 bridgehead atoms. The van der Waals surface area contributed by atoms with Gasteiger partial charge in [0, 0.05) is 0 Å². The maximum absolute atomic E-state index is 12.4. The summed E-state index contributed by atoms with van der Waals surface area (Å²) in [5, 5.41) is 16.0. The van der Waals surface area contributed by atoms with E-state index < -0.39 is 5.91 Å². The summed E-state index contributed by atoms with van der Waals surface area (Å²) in [5.74, 6) is 0.253. The number of benzene rings is 3. The topological polar surface area (TPSA) is 70.9 Å². The minimum absolute atomic E-state index is 0.0740. The van der Waals surface area contributed by atoms with Crippen molar-refractivity contribution >= 4 is 22.4 Å². The number of phenolic OH excluding ortho intramolecular Hbond substituents is 1. The Labute approximate surface area is 151 Å². The van der Waals surface area contributed by atoms with Crippen LogP contribution in [-0.4, -0.2) is 23.3 Å². The van der Waals surface area contributed by atoms with Gasteiger partial charge in [0.1, 0.15) is 11.5 Å². The SMILES string of the molecule is CCOc1ccc(C(C)=NNC(=O)c2cc3ccccc3cc2O)cc1. The molecule has 0 aromatic heterocycles. The number of rotatable bonds is 5. The number of carbonyl (C=O) groups excluding carboxylic acids is 1. The fourth-order valence-electron chi connectivity index (χ4n) is 2.63. The predicted octanol–water partition coefficient (Wildman–Crippen LogP) is 4.10. The molecule has 3 rings (SSSR count). The van der Waals surface area contributed by atoms with Gasteiger partial charge in [-0.05, 0) is 66.6 Å². The molecule has 0 unspecified atom stereocenters. The lowest BCUT2D eigenvalue weighted by molar-refractivity contribution is 0.0952. The Balaban J connectivity index is 1.77. The fourth-order valence-corrected chi connectivity index (χ4v) is 2.63. The second-order valence-electron chi connectivity index (χ2n) is 5.81. The van der Waals surface area contributed by atoms with Gasteiger partial charge in [-0.2, -0.15) is 5.10 Å². The summed E-state index contributed by atoms with van der Waals surface area (Å²) >= 11 is 0. The van der Waals surface area contributed by atoms with Gasteiger partial charge in [0.15, 0.2) is 0 Å². The van der Waals surface area contributed by atoms with Crippen molar-refractivity contribution in [3.05, 3.63) is 71.8 Å². The Morgan fingerprint density at radius 3 is 2.38 bits per heavy atom. The van der Waals surface area contributed by atoms with Crippen LogP contribution in [0.2, 0.25) is 0 Å². The third kappa shape index (κ3) is 3.83. The number of nitrogens with one attached hydrogen (secondary N) is 1.